The van der Waals surface area contributed by atoms with Crippen molar-refractivity contribution in [1.29, 1.82) is 0 Å². The van der Waals surface area contributed by atoms with Gasteiger partial charge >= 0.3 is 0 Å². The highest BCUT2D eigenvalue weighted by Gasteiger charge is 2.16. The number of rotatable bonds is 3. The van der Waals surface area contributed by atoms with E-state index in [1.807, 2.05) is 0 Å². The number of amides is 1. The summed E-state index contributed by atoms with van der Waals surface area (Å²) in [7, 11) is 0. The molecule has 0 radical (unpaired) electrons. The Morgan fingerprint density at radius 1 is 1.26 bits per heavy atom. The zero-order valence-electron chi connectivity index (χ0n) is 11.4. The Morgan fingerprint density at radius 3 is 2.78 bits per heavy atom. The van der Waals surface area contributed by atoms with E-state index in [4.69, 9.17) is 11.6 Å². The molecule has 2 aromatic carbocycles. The quantitative estimate of drug-likeness (QED) is 0.736. The molecule has 0 saturated carbocycles. The molecule has 6 nitrogen and oxygen atoms in total. The van der Waals surface area contributed by atoms with Gasteiger partial charge in [0.25, 0.3) is 5.91 Å². The van der Waals surface area contributed by atoms with Crippen molar-refractivity contribution in [2.45, 2.75) is 0 Å². The molecule has 1 heterocycles. The Morgan fingerprint density at radius 2 is 2.09 bits per heavy atom. The van der Waals surface area contributed by atoms with Gasteiger partial charge in [-0.05, 0) is 62.8 Å². The Labute approximate surface area is 143 Å². The van der Waals surface area contributed by atoms with Crippen molar-refractivity contribution in [1.82, 2.24) is 20.2 Å². The summed E-state index contributed by atoms with van der Waals surface area (Å²) in [5.41, 5.74) is 1.18. The molecule has 23 heavy (non-hydrogen) atoms. The van der Waals surface area contributed by atoms with Crippen LogP contribution in [0.2, 0.25) is 5.02 Å². The molecule has 0 spiro atoms. The minimum Gasteiger partial charge on any atom is -0.321 e. The third-order valence-electron chi connectivity index (χ3n) is 2.98. The number of nitrogens with one attached hydrogen (secondary N) is 1. The van der Waals surface area contributed by atoms with Crippen LogP contribution in [0, 0.1) is 5.82 Å². The predicted molar refractivity (Wildman–Crippen MR) is 86.2 cm³/mol. The van der Waals surface area contributed by atoms with Crippen molar-refractivity contribution < 1.29 is 9.18 Å². The molecule has 0 atom stereocenters. The van der Waals surface area contributed by atoms with Gasteiger partial charge in [-0.15, -0.1) is 5.10 Å². The highest BCUT2D eigenvalue weighted by Crippen LogP contribution is 2.25. The van der Waals surface area contributed by atoms with Crippen LogP contribution in [0.4, 0.5) is 10.1 Å². The van der Waals surface area contributed by atoms with Crippen LogP contribution in [0.5, 0.6) is 0 Å². The summed E-state index contributed by atoms with van der Waals surface area (Å²) in [5.74, 6) is -0.836. The van der Waals surface area contributed by atoms with Crippen molar-refractivity contribution in [2.75, 3.05) is 5.32 Å². The molecule has 0 aliphatic heterocycles. The van der Waals surface area contributed by atoms with Crippen LogP contribution >= 0.6 is 27.5 Å². The lowest BCUT2D eigenvalue weighted by molar-refractivity contribution is 0.102. The molecule has 1 aromatic heterocycles. The van der Waals surface area contributed by atoms with E-state index >= 15 is 0 Å². The number of anilines is 1. The molecule has 0 fully saturated rings. The van der Waals surface area contributed by atoms with E-state index in [9.17, 15) is 9.18 Å². The van der Waals surface area contributed by atoms with Gasteiger partial charge in [0.1, 0.15) is 12.1 Å². The molecule has 0 saturated heterocycles. The maximum atomic E-state index is 13.1. The maximum absolute atomic E-state index is 13.1. The molecule has 116 valence electrons. The monoisotopic (exact) mass is 395 g/mol. The predicted octanol–water partition coefficient (Wildman–Crippen LogP) is 3.47. The Hall–Kier alpha value is -2.32. The second kappa shape index (κ2) is 6.43. The van der Waals surface area contributed by atoms with Gasteiger partial charge in [-0.25, -0.2) is 4.39 Å². The molecule has 3 rings (SSSR count). The highest BCUT2D eigenvalue weighted by molar-refractivity contribution is 9.10. The lowest BCUT2D eigenvalue weighted by atomic mass is 10.1. The van der Waals surface area contributed by atoms with Crippen LogP contribution in [0.15, 0.2) is 47.2 Å². The van der Waals surface area contributed by atoms with E-state index in [0.29, 0.717) is 20.9 Å². The van der Waals surface area contributed by atoms with E-state index in [1.165, 1.54) is 35.3 Å². The van der Waals surface area contributed by atoms with Crippen LogP contribution in [0.1, 0.15) is 10.4 Å². The van der Waals surface area contributed by atoms with Gasteiger partial charge in [0, 0.05) is 9.50 Å². The van der Waals surface area contributed by atoms with Crippen molar-refractivity contribution in [3.05, 3.63) is 63.6 Å². The number of halogens is 3. The lowest BCUT2D eigenvalue weighted by Gasteiger charge is -2.11. The van der Waals surface area contributed by atoms with E-state index in [1.54, 1.807) is 12.1 Å². The molecule has 1 amide bonds. The van der Waals surface area contributed by atoms with Gasteiger partial charge in [-0.1, -0.05) is 11.6 Å². The average Bonchev–Trinajstić information content (AvgIpc) is 3.04. The molecule has 0 aliphatic rings. The molecule has 9 heteroatoms. The Kier molecular flexibility index (Phi) is 4.35. The first-order valence-corrected chi connectivity index (χ1v) is 7.51. The zero-order chi connectivity index (χ0) is 16.4. The molecule has 0 bridgehead atoms. The third kappa shape index (κ3) is 3.38. The zero-order valence-corrected chi connectivity index (χ0v) is 13.7. The first-order chi connectivity index (χ1) is 11.0. The molecule has 1 N–H and O–H groups in total. The van der Waals surface area contributed by atoms with E-state index < -0.39 is 11.7 Å². The number of tetrazole rings is 1. The second-order valence-corrected chi connectivity index (χ2v) is 5.78. The molecule has 0 aliphatic carbocycles. The number of hydrogen-bond donors (Lipinski definition) is 1. The van der Waals surface area contributed by atoms with Crippen molar-refractivity contribution in [3.63, 3.8) is 0 Å². The molecule has 0 unspecified atom stereocenters. The third-order valence-corrected chi connectivity index (χ3v) is 3.87. The van der Waals surface area contributed by atoms with Crippen LogP contribution in [0.25, 0.3) is 5.69 Å². The summed E-state index contributed by atoms with van der Waals surface area (Å²) in [6.45, 7) is 0. The lowest BCUT2D eigenvalue weighted by Crippen LogP contribution is -2.16. The molecular formula is C14H8BrClFN5O. The fraction of sp³-hybridized carbons (Fsp3) is 0. The van der Waals surface area contributed by atoms with Crippen LogP contribution < -0.4 is 5.32 Å². The number of aromatic nitrogens is 4. The highest BCUT2D eigenvalue weighted by atomic mass is 79.9. The van der Waals surface area contributed by atoms with Gasteiger partial charge in [0.2, 0.25) is 0 Å². The van der Waals surface area contributed by atoms with Crippen LogP contribution in [-0.2, 0) is 0 Å². The van der Waals surface area contributed by atoms with E-state index in [2.05, 4.69) is 36.8 Å². The van der Waals surface area contributed by atoms with Crippen LogP contribution in [0.3, 0.4) is 0 Å². The van der Waals surface area contributed by atoms with E-state index in [0.717, 1.165) is 0 Å². The summed E-state index contributed by atoms with van der Waals surface area (Å²) in [6, 6.07) is 8.73. The van der Waals surface area contributed by atoms with Gasteiger partial charge in [0.05, 0.1) is 16.9 Å². The molecular weight excluding hydrogens is 389 g/mol. The standard InChI is InChI=1S/C14H8BrClFN5O/c15-11-6-9(17)2-3-12(11)19-14(23)10-5-8(16)1-4-13(10)22-7-18-20-21-22/h1-7H,(H,19,23). The van der Waals surface area contributed by atoms with Crippen LogP contribution in [-0.4, -0.2) is 26.1 Å². The first kappa shape index (κ1) is 15.6. The largest absolute Gasteiger partial charge is 0.321 e. The van der Waals surface area contributed by atoms with Crippen molar-refractivity contribution in [2.24, 2.45) is 0 Å². The maximum Gasteiger partial charge on any atom is 0.257 e. The van der Waals surface area contributed by atoms with Gasteiger partial charge in [-0.2, -0.15) is 4.68 Å². The summed E-state index contributed by atoms with van der Waals surface area (Å²) >= 11 is 9.18. The summed E-state index contributed by atoms with van der Waals surface area (Å²) in [6.07, 6.45) is 1.37. The second-order valence-electron chi connectivity index (χ2n) is 4.49. The fourth-order valence-corrected chi connectivity index (χ4v) is 2.56. The van der Waals surface area contributed by atoms with Gasteiger partial charge in [0.15, 0.2) is 0 Å². The Balaban J connectivity index is 1.97. The number of hydrogen-bond acceptors (Lipinski definition) is 4. The number of benzene rings is 2. The number of carbonyl (C=O) groups excluding carboxylic acids is 1. The molecule has 3 aromatic rings. The number of nitrogens with zero attached hydrogens (tertiary/aromatic N) is 4. The smallest absolute Gasteiger partial charge is 0.257 e. The van der Waals surface area contributed by atoms with Crippen molar-refractivity contribution in [3.8, 4) is 5.69 Å². The summed E-state index contributed by atoms with van der Waals surface area (Å²) in [4.78, 5) is 12.6. The number of carbonyl (C=O) groups is 1. The topological polar surface area (TPSA) is 72.7 Å². The SMILES string of the molecule is O=C(Nc1ccc(F)cc1Br)c1cc(Cl)ccc1-n1cnnn1. The Bertz CT molecular complexity index is 872. The van der Waals surface area contributed by atoms with E-state index in [-0.39, 0.29) is 5.56 Å². The minimum absolute atomic E-state index is 0.279. The normalized spacial score (nSPS) is 10.6. The minimum atomic E-state index is -0.426. The summed E-state index contributed by atoms with van der Waals surface area (Å²) in [5, 5.41) is 13.9. The van der Waals surface area contributed by atoms with Crippen molar-refractivity contribution >= 4 is 39.1 Å². The van der Waals surface area contributed by atoms with Gasteiger partial charge < -0.3 is 5.32 Å². The first-order valence-electron chi connectivity index (χ1n) is 6.34. The fourth-order valence-electron chi connectivity index (χ4n) is 1.94. The summed E-state index contributed by atoms with van der Waals surface area (Å²) < 4.78 is 14.9. The average molecular weight is 397 g/mol. The van der Waals surface area contributed by atoms with Gasteiger partial charge in [-0.3, -0.25) is 4.79 Å².